The Bertz CT molecular complexity index is 1080. The second-order valence-corrected chi connectivity index (χ2v) is 8.20. The highest BCUT2D eigenvalue weighted by Gasteiger charge is 2.56. The van der Waals surface area contributed by atoms with Crippen LogP contribution in [0.2, 0.25) is 0 Å². The van der Waals surface area contributed by atoms with Crippen LogP contribution in [0.1, 0.15) is 32.0 Å². The van der Waals surface area contributed by atoms with Crippen LogP contribution in [0, 0.1) is 17.7 Å². The average molecular weight is 427 g/mol. The van der Waals surface area contributed by atoms with E-state index < -0.39 is 29.7 Å². The van der Waals surface area contributed by atoms with E-state index in [4.69, 9.17) is 0 Å². The quantitative estimate of drug-likeness (QED) is 0.760. The maximum Gasteiger partial charge on any atom is 0.258 e. The van der Waals surface area contributed by atoms with Gasteiger partial charge in [0.15, 0.2) is 0 Å². The smallest absolute Gasteiger partial charge is 0.258 e. The molecule has 0 spiro atoms. The molecule has 2 aliphatic rings. The number of aliphatic hydroxyl groups excluding tert-OH is 1. The fourth-order valence-electron chi connectivity index (χ4n) is 5.08. The molecule has 8 heteroatoms. The highest BCUT2D eigenvalue weighted by molar-refractivity contribution is 5.83. The van der Waals surface area contributed by atoms with E-state index in [1.165, 1.54) is 19.1 Å². The minimum Gasteiger partial charge on any atom is -0.396 e. The molecule has 2 bridgehead atoms. The Kier molecular flexibility index (Phi) is 5.66. The van der Waals surface area contributed by atoms with Crippen molar-refractivity contribution in [3.05, 3.63) is 58.3 Å². The predicted octanol–water partition coefficient (Wildman–Crippen LogP) is 1.69. The fraction of sp³-hybridized carbons (Fsp3) is 0.435. The number of nitrogens with zero attached hydrogens (tertiary/aromatic N) is 2. The van der Waals surface area contributed by atoms with Crippen LogP contribution in [0.5, 0.6) is 0 Å². The Hall–Kier alpha value is -3.00. The van der Waals surface area contributed by atoms with Crippen LogP contribution in [-0.4, -0.2) is 45.6 Å². The molecule has 0 aliphatic carbocycles. The molecule has 2 N–H and O–H groups in total. The third-order valence-electron chi connectivity index (χ3n) is 6.40. The number of pyridine rings is 1. The van der Waals surface area contributed by atoms with E-state index in [0.717, 1.165) is 6.42 Å². The number of carbonyl (C=O) groups is 2. The highest BCUT2D eigenvalue weighted by Crippen LogP contribution is 2.48. The molecule has 31 heavy (non-hydrogen) atoms. The molecular formula is C23H26FN3O4. The summed E-state index contributed by atoms with van der Waals surface area (Å²) in [6.07, 6.45) is 0.764. The maximum atomic E-state index is 13.7. The molecule has 0 saturated carbocycles. The van der Waals surface area contributed by atoms with Gasteiger partial charge in [0.05, 0.1) is 18.0 Å². The Morgan fingerprint density at radius 3 is 2.68 bits per heavy atom. The zero-order chi connectivity index (χ0) is 22.3. The van der Waals surface area contributed by atoms with Gasteiger partial charge in [-0.2, -0.15) is 0 Å². The van der Waals surface area contributed by atoms with Gasteiger partial charge in [-0.3, -0.25) is 14.4 Å². The molecule has 1 aromatic carbocycles. The Balaban J connectivity index is 1.84. The van der Waals surface area contributed by atoms with Gasteiger partial charge in [-0.05, 0) is 36.2 Å². The molecular weight excluding hydrogens is 401 g/mol. The number of amides is 2. The van der Waals surface area contributed by atoms with E-state index in [9.17, 15) is 23.9 Å². The summed E-state index contributed by atoms with van der Waals surface area (Å²) in [5.41, 5.74) is 1.08. The third kappa shape index (κ3) is 3.44. The van der Waals surface area contributed by atoms with Crippen LogP contribution < -0.4 is 10.9 Å². The number of carbonyl (C=O) groups excluding carboxylic acids is 2. The summed E-state index contributed by atoms with van der Waals surface area (Å²) < 4.78 is 15.3. The summed E-state index contributed by atoms with van der Waals surface area (Å²) in [7, 11) is 0. The lowest BCUT2D eigenvalue weighted by Crippen LogP contribution is -2.48. The lowest BCUT2D eigenvalue weighted by atomic mass is 9.86. The monoisotopic (exact) mass is 427 g/mol. The summed E-state index contributed by atoms with van der Waals surface area (Å²) >= 11 is 0. The van der Waals surface area contributed by atoms with Crippen LogP contribution in [0.15, 0.2) is 41.2 Å². The number of fused-ring (bicyclic) bond motifs is 4. The minimum atomic E-state index is -0.654. The normalized spacial score (nSPS) is 24.1. The van der Waals surface area contributed by atoms with Gasteiger partial charge in [0.1, 0.15) is 5.82 Å². The van der Waals surface area contributed by atoms with Crippen molar-refractivity contribution in [2.24, 2.45) is 11.8 Å². The first kappa shape index (κ1) is 21.2. The van der Waals surface area contributed by atoms with E-state index in [1.807, 2.05) is 6.92 Å². The number of rotatable bonds is 5. The number of aliphatic hydroxyl groups is 1. The van der Waals surface area contributed by atoms with Gasteiger partial charge in [0.2, 0.25) is 11.8 Å². The Morgan fingerprint density at radius 1 is 1.26 bits per heavy atom. The second kappa shape index (κ2) is 8.26. The number of halogens is 1. The van der Waals surface area contributed by atoms with Crippen molar-refractivity contribution in [1.82, 2.24) is 14.8 Å². The summed E-state index contributed by atoms with van der Waals surface area (Å²) in [5, 5.41) is 13.0. The third-order valence-corrected chi connectivity index (χ3v) is 6.40. The second-order valence-electron chi connectivity index (χ2n) is 8.20. The topological polar surface area (TPSA) is 91.6 Å². The first-order valence-electron chi connectivity index (χ1n) is 10.6. The number of benzene rings is 1. The van der Waals surface area contributed by atoms with Gasteiger partial charge < -0.3 is 19.9 Å². The predicted molar refractivity (Wildman–Crippen MR) is 113 cm³/mol. The van der Waals surface area contributed by atoms with Gasteiger partial charge in [-0.15, -0.1) is 0 Å². The number of hydrogen-bond acceptors (Lipinski definition) is 4. The van der Waals surface area contributed by atoms with Gasteiger partial charge in [0, 0.05) is 43.8 Å². The molecule has 7 nitrogen and oxygen atoms in total. The standard InChI is InChI=1S/C23H26FN3O4/c1-3-9-25-22(30)20-17(12-28)19-11-26-18(21(20)27(19)13(2)29)8-7-16(23(26)31)14-5-4-6-15(24)10-14/h4-8,10,17,19-21,28H,3,9,11-12H2,1-2H3,(H,25,30)/t17-,19-,20+,21+/m1/s1. The summed E-state index contributed by atoms with van der Waals surface area (Å²) in [6.45, 7) is 3.79. The largest absolute Gasteiger partial charge is 0.396 e. The van der Waals surface area contributed by atoms with Crippen molar-refractivity contribution in [2.75, 3.05) is 13.2 Å². The van der Waals surface area contributed by atoms with Crippen LogP contribution in [0.25, 0.3) is 11.1 Å². The molecule has 2 aliphatic heterocycles. The molecule has 0 unspecified atom stereocenters. The van der Waals surface area contributed by atoms with Gasteiger partial charge >= 0.3 is 0 Å². The van der Waals surface area contributed by atoms with Crippen LogP contribution in [0.4, 0.5) is 4.39 Å². The summed E-state index contributed by atoms with van der Waals surface area (Å²) in [6, 6.07) is 8.08. The molecule has 0 radical (unpaired) electrons. The number of hydrogen-bond donors (Lipinski definition) is 2. The van der Waals surface area contributed by atoms with E-state index in [1.54, 1.807) is 33.7 Å². The lowest BCUT2D eigenvalue weighted by molar-refractivity contribution is -0.134. The average Bonchev–Trinajstić information content (AvgIpc) is 3.00. The molecule has 4 atom stereocenters. The lowest BCUT2D eigenvalue weighted by Gasteiger charge is -2.37. The highest BCUT2D eigenvalue weighted by atomic mass is 19.1. The van der Waals surface area contributed by atoms with Crippen molar-refractivity contribution in [3.8, 4) is 11.1 Å². The fourth-order valence-corrected chi connectivity index (χ4v) is 5.08. The SMILES string of the molecule is CCCNC(=O)[C@H]1[C@H](CO)[C@H]2Cn3c(ccc(-c4cccc(F)c4)c3=O)[C@@H]1N2C(C)=O. The zero-order valence-corrected chi connectivity index (χ0v) is 17.5. The van der Waals surface area contributed by atoms with E-state index in [2.05, 4.69) is 5.32 Å². The first-order chi connectivity index (χ1) is 14.9. The van der Waals surface area contributed by atoms with Crippen molar-refractivity contribution in [2.45, 2.75) is 38.9 Å². The van der Waals surface area contributed by atoms with Crippen molar-refractivity contribution in [3.63, 3.8) is 0 Å². The Labute approximate surface area is 179 Å². The first-order valence-corrected chi connectivity index (χ1v) is 10.6. The zero-order valence-electron chi connectivity index (χ0n) is 17.5. The van der Waals surface area contributed by atoms with Crippen LogP contribution >= 0.6 is 0 Å². The van der Waals surface area contributed by atoms with Crippen LogP contribution in [-0.2, 0) is 16.1 Å². The number of nitrogens with one attached hydrogen (secondary N) is 1. The summed E-state index contributed by atoms with van der Waals surface area (Å²) in [5.74, 6) is -2.00. The molecule has 2 amide bonds. The van der Waals surface area contributed by atoms with Gasteiger partial charge in [-0.1, -0.05) is 19.1 Å². The van der Waals surface area contributed by atoms with Crippen molar-refractivity contribution >= 4 is 11.8 Å². The Morgan fingerprint density at radius 2 is 2.03 bits per heavy atom. The van der Waals surface area contributed by atoms with E-state index in [-0.39, 0.29) is 30.5 Å². The molecule has 3 heterocycles. The van der Waals surface area contributed by atoms with Crippen molar-refractivity contribution < 1.29 is 19.1 Å². The maximum absolute atomic E-state index is 13.7. The molecule has 1 aromatic heterocycles. The number of aromatic nitrogens is 1. The molecule has 164 valence electrons. The van der Waals surface area contributed by atoms with E-state index >= 15 is 0 Å². The molecule has 2 aromatic rings. The molecule has 1 saturated heterocycles. The van der Waals surface area contributed by atoms with Gasteiger partial charge in [-0.25, -0.2) is 4.39 Å². The molecule has 4 rings (SSSR count). The minimum absolute atomic E-state index is 0.177. The molecule has 1 fully saturated rings. The van der Waals surface area contributed by atoms with E-state index in [0.29, 0.717) is 23.4 Å². The van der Waals surface area contributed by atoms with Crippen LogP contribution in [0.3, 0.4) is 0 Å². The van der Waals surface area contributed by atoms with Crippen molar-refractivity contribution in [1.29, 1.82) is 0 Å². The summed E-state index contributed by atoms with van der Waals surface area (Å²) in [4.78, 5) is 40.5. The van der Waals surface area contributed by atoms with Gasteiger partial charge in [0.25, 0.3) is 5.56 Å².